The van der Waals surface area contributed by atoms with Crippen molar-refractivity contribution in [2.24, 2.45) is 0 Å². The average molecular weight is 384 g/mol. The van der Waals surface area contributed by atoms with Gasteiger partial charge in [0.15, 0.2) is 5.11 Å². The molecule has 134 valence electrons. The van der Waals surface area contributed by atoms with E-state index in [2.05, 4.69) is 45.3 Å². The van der Waals surface area contributed by atoms with Gasteiger partial charge in [0.25, 0.3) is 0 Å². The molecule has 3 aromatic rings. The molecule has 0 unspecified atom stereocenters. The summed E-state index contributed by atoms with van der Waals surface area (Å²) in [7, 11) is 0. The average Bonchev–Trinajstić information content (AvgIpc) is 3.09. The van der Waals surface area contributed by atoms with Crippen molar-refractivity contribution in [1.82, 2.24) is 10.3 Å². The van der Waals surface area contributed by atoms with Crippen molar-refractivity contribution < 1.29 is 4.74 Å². The lowest BCUT2D eigenvalue weighted by Crippen LogP contribution is -2.27. The van der Waals surface area contributed by atoms with Gasteiger partial charge in [-0.1, -0.05) is 24.3 Å². The summed E-state index contributed by atoms with van der Waals surface area (Å²) in [5.74, 6) is 0.854. The number of thiocarbonyl (C=S) groups is 1. The summed E-state index contributed by atoms with van der Waals surface area (Å²) >= 11 is 7.03. The Balaban J connectivity index is 1.51. The van der Waals surface area contributed by atoms with Gasteiger partial charge in [-0.2, -0.15) is 0 Å². The largest absolute Gasteiger partial charge is 0.494 e. The van der Waals surface area contributed by atoms with Crippen LogP contribution in [0.15, 0.2) is 53.9 Å². The van der Waals surface area contributed by atoms with E-state index in [1.165, 1.54) is 0 Å². The molecule has 1 heterocycles. The SMILES string of the molecule is CCOc1ccc(NC(=S)NCc2ccc(-c3csc(C)n3)cc2)cc1. The maximum Gasteiger partial charge on any atom is 0.171 e. The first kappa shape index (κ1) is 18.4. The van der Waals surface area contributed by atoms with Crippen LogP contribution in [0.25, 0.3) is 11.3 Å². The highest BCUT2D eigenvalue weighted by Crippen LogP contribution is 2.21. The smallest absolute Gasteiger partial charge is 0.171 e. The summed E-state index contributed by atoms with van der Waals surface area (Å²) in [6.07, 6.45) is 0. The highest BCUT2D eigenvalue weighted by molar-refractivity contribution is 7.80. The van der Waals surface area contributed by atoms with E-state index in [4.69, 9.17) is 17.0 Å². The third-order valence-corrected chi connectivity index (χ3v) is 4.76. The van der Waals surface area contributed by atoms with Crippen LogP contribution in [0.2, 0.25) is 0 Å². The van der Waals surface area contributed by atoms with Crippen LogP contribution in [0, 0.1) is 6.92 Å². The molecule has 0 spiro atoms. The molecule has 0 aliphatic rings. The van der Waals surface area contributed by atoms with E-state index in [-0.39, 0.29) is 0 Å². The monoisotopic (exact) mass is 383 g/mol. The lowest BCUT2D eigenvalue weighted by atomic mass is 10.1. The van der Waals surface area contributed by atoms with Gasteiger partial charge in [-0.15, -0.1) is 11.3 Å². The Labute approximate surface area is 163 Å². The van der Waals surface area contributed by atoms with Crippen LogP contribution in [0.4, 0.5) is 5.69 Å². The van der Waals surface area contributed by atoms with Gasteiger partial charge in [0.05, 0.1) is 17.3 Å². The molecule has 3 rings (SSSR count). The Morgan fingerprint density at radius 1 is 1.12 bits per heavy atom. The normalized spacial score (nSPS) is 10.4. The maximum atomic E-state index is 5.43. The minimum absolute atomic E-state index is 0.591. The zero-order chi connectivity index (χ0) is 18.4. The number of nitrogens with zero attached hydrogens (tertiary/aromatic N) is 1. The summed E-state index contributed by atoms with van der Waals surface area (Å²) in [5, 5.41) is 10.2. The summed E-state index contributed by atoms with van der Waals surface area (Å²) in [6, 6.07) is 16.1. The van der Waals surface area contributed by atoms with Crippen LogP contribution >= 0.6 is 23.6 Å². The van der Waals surface area contributed by atoms with Crippen LogP contribution < -0.4 is 15.4 Å². The Hall–Kier alpha value is -2.44. The number of nitrogens with one attached hydrogen (secondary N) is 2. The molecule has 4 nitrogen and oxygen atoms in total. The zero-order valence-corrected chi connectivity index (χ0v) is 16.4. The summed E-state index contributed by atoms with van der Waals surface area (Å²) < 4.78 is 5.43. The molecule has 0 aliphatic heterocycles. The first-order valence-corrected chi connectivity index (χ1v) is 9.72. The number of ether oxygens (including phenoxy) is 1. The molecule has 26 heavy (non-hydrogen) atoms. The van der Waals surface area contributed by atoms with E-state index < -0.39 is 0 Å². The Morgan fingerprint density at radius 2 is 1.85 bits per heavy atom. The number of aromatic nitrogens is 1. The molecule has 0 fully saturated rings. The minimum atomic E-state index is 0.591. The minimum Gasteiger partial charge on any atom is -0.494 e. The third-order valence-electron chi connectivity index (χ3n) is 3.74. The highest BCUT2D eigenvalue weighted by atomic mass is 32.1. The number of anilines is 1. The predicted molar refractivity (Wildman–Crippen MR) is 113 cm³/mol. The fraction of sp³-hybridized carbons (Fsp3) is 0.200. The Kier molecular flexibility index (Phi) is 6.20. The van der Waals surface area contributed by atoms with Crippen molar-refractivity contribution in [1.29, 1.82) is 0 Å². The van der Waals surface area contributed by atoms with Gasteiger partial charge in [-0.05, 0) is 55.9 Å². The number of hydrogen-bond donors (Lipinski definition) is 2. The fourth-order valence-corrected chi connectivity index (χ4v) is 3.26. The molecular weight excluding hydrogens is 362 g/mol. The van der Waals surface area contributed by atoms with Crippen molar-refractivity contribution in [3.05, 3.63) is 64.5 Å². The first-order valence-electron chi connectivity index (χ1n) is 8.43. The Bertz CT molecular complexity index is 858. The highest BCUT2D eigenvalue weighted by Gasteiger charge is 2.03. The van der Waals surface area contributed by atoms with Gasteiger partial charge < -0.3 is 15.4 Å². The van der Waals surface area contributed by atoms with Crippen LogP contribution in [0.5, 0.6) is 5.75 Å². The van der Waals surface area contributed by atoms with Crippen molar-refractivity contribution in [2.45, 2.75) is 20.4 Å². The van der Waals surface area contributed by atoms with Gasteiger partial charge in [0.1, 0.15) is 5.75 Å². The second kappa shape index (κ2) is 8.78. The van der Waals surface area contributed by atoms with Gasteiger partial charge in [-0.25, -0.2) is 4.98 Å². The number of rotatable bonds is 6. The van der Waals surface area contributed by atoms with Gasteiger partial charge >= 0.3 is 0 Å². The molecule has 0 saturated carbocycles. The lowest BCUT2D eigenvalue weighted by Gasteiger charge is -2.11. The molecule has 0 saturated heterocycles. The van der Waals surface area contributed by atoms with Gasteiger partial charge in [-0.3, -0.25) is 0 Å². The molecule has 0 atom stereocenters. The number of aryl methyl sites for hydroxylation is 1. The molecule has 0 amide bonds. The molecule has 0 radical (unpaired) electrons. The predicted octanol–water partition coefficient (Wildman–Crippen LogP) is 5.00. The molecular formula is C20H21N3OS2. The quantitative estimate of drug-likeness (QED) is 0.586. The molecule has 6 heteroatoms. The van der Waals surface area contributed by atoms with Crippen LogP contribution in [-0.2, 0) is 6.54 Å². The maximum absolute atomic E-state index is 5.43. The second-order valence-corrected chi connectivity index (χ2v) is 7.18. The molecule has 2 N–H and O–H groups in total. The van der Waals surface area contributed by atoms with Crippen molar-refractivity contribution >= 4 is 34.4 Å². The third kappa shape index (κ3) is 5.03. The number of thiazole rings is 1. The van der Waals surface area contributed by atoms with E-state index in [1.54, 1.807) is 11.3 Å². The number of benzene rings is 2. The van der Waals surface area contributed by atoms with Gasteiger partial charge in [0, 0.05) is 23.2 Å². The second-order valence-electron chi connectivity index (χ2n) is 5.71. The van der Waals surface area contributed by atoms with E-state index >= 15 is 0 Å². The Morgan fingerprint density at radius 3 is 2.46 bits per heavy atom. The van der Waals surface area contributed by atoms with E-state index in [0.717, 1.165) is 33.3 Å². The van der Waals surface area contributed by atoms with E-state index in [0.29, 0.717) is 18.3 Å². The standard InChI is InChI=1S/C20H21N3OS2/c1-3-24-18-10-8-17(9-11-18)23-20(25)21-12-15-4-6-16(7-5-15)19-13-26-14(2)22-19/h4-11,13H,3,12H2,1-2H3,(H2,21,23,25). The summed E-state index contributed by atoms with van der Waals surface area (Å²) in [5.41, 5.74) is 4.25. The van der Waals surface area contributed by atoms with Crippen LogP contribution in [0.1, 0.15) is 17.5 Å². The molecule has 2 aromatic carbocycles. The first-order chi connectivity index (χ1) is 12.6. The van der Waals surface area contributed by atoms with E-state index in [1.807, 2.05) is 38.1 Å². The molecule has 0 bridgehead atoms. The van der Waals surface area contributed by atoms with Crippen molar-refractivity contribution in [3.8, 4) is 17.0 Å². The zero-order valence-electron chi connectivity index (χ0n) is 14.8. The lowest BCUT2D eigenvalue weighted by molar-refractivity contribution is 0.340. The van der Waals surface area contributed by atoms with Crippen molar-refractivity contribution in [2.75, 3.05) is 11.9 Å². The number of hydrogen-bond acceptors (Lipinski definition) is 4. The molecule has 1 aromatic heterocycles. The topological polar surface area (TPSA) is 46.2 Å². The summed E-state index contributed by atoms with van der Waals surface area (Å²) in [6.45, 7) is 5.31. The summed E-state index contributed by atoms with van der Waals surface area (Å²) in [4.78, 5) is 4.51. The van der Waals surface area contributed by atoms with Crippen molar-refractivity contribution in [3.63, 3.8) is 0 Å². The van der Waals surface area contributed by atoms with Crippen LogP contribution in [0.3, 0.4) is 0 Å². The van der Waals surface area contributed by atoms with Gasteiger partial charge in [0.2, 0.25) is 0 Å². The van der Waals surface area contributed by atoms with Crippen LogP contribution in [-0.4, -0.2) is 16.7 Å². The fourth-order valence-electron chi connectivity index (χ4n) is 2.45. The van der Waals surface area contributed by atoms with E-state index in [9.17, 15) is 0 Å². The molecule has 0 aliphatic carbocycles.